The predicted molar refractivity (Wildman–Crippen MR) is 53.4 cm³/mol. The summed E-state index contributed by atoms with van der Waals surface area (Å²) in [5.74, 6) is 0.561. The van der Waals surface area contributed by atoms with E-state index in [0.29, 0.717) is 5.92 Å². The van der Waals surface area contributed by atoms with Gasteiger partial charge in [-0.2, -0.15) is 5.26 Å². The number of nitrogens with one attached hydrogen (secondary N) is 1. The molecule has 0 aliphatic carbocycles. The molecular weight excluding hydrogens is 178 g/mol. The fraction of sp³-hybridized carbons (Fsp3) is 0.800. The van der Waals surface area contributed by atoms with Crippen LogP contribution in [0.3, 0.4) is 0 Å². The van der Waals surface area contributed by atoms with Crippen LogP contribution in [0.2, 0.25) is 0 Å². The van der Waals surface area contributed by atoms with E-state index in [1.807, 2.05) is 11.0 Å². The summed E-state index contributed by atoms with van der Waals surface area (Å²) in [5.41, 5.74) is 0. The topological polar surface area (TPSA) is 56.1 Å². The van der Waals surface area contributed by atoms with Crippen molar-refractivity contribution in [2.45, 2.75) is 26.3 Å². The minimum atomic E-state index is -0.285. The van der Waals surface area contributed by atoms with Crippen molar-refractivity contribution < 1.29 is 4.79 Å². The van der Waals surface area contributed by atoms with Gasteiger partial charge in [-0.1, -0.05) is 13.8 Å². The Morgan fingerprint density at radius 3 is 3.00 bits per heavy atom. The molecule has 1 amide bonds. The number of hydrogen-bond acceptors (Lipinski definition) is 3. The molecule has 0 saturated carbocycles. The summed E-state index contributed by atoms with van der Waals surface area (Å²) in [5, 5.41) is 11.6. The van der Waals surface area contributed by atoms with Crippen LogP contribution in [0.1, 0.15) is 20.3 Å². The van der Waals surface area contributed by atoms with Crippen molar-refractivity contribution in [2.24, 2.45) is 5.92 Å². The van der Waals surface area contributed by atoms with Gasteiger partial charge in [0.1, 0.15) is 6.04 Å². The molecule has 0 aromatic carbocycles. The van der Waals surface area contributed by atoms with Gasteiger partial charge in [0.25, 0.3) is 0 Å². The Morgan fingerprint density at radius 2 is 2.43 bits per heavy atom. The highest BCUT2D eigenvalue weighted by atomic mass is 16.2. The van der Waals surface area contributed by atoms with Crippen LogP contribution in [0, 0.1) is 17.2 Å². The van der Waals surface area contributed by atoms with Gasteiger partial charge in [-0.05, 0) is 5.92 Å². The minimum Gasteiger partial charge on any atom is -0.340 e. The smallest absolute Gasteiger partial charge is 0.240 e. The molecule has 4 heteroatoms. The molecule has 1 heterocycles. The number of nitrogens with zero attached hydrogens (tertiary/aromatic N) is 2. The summed E-state index contributed by atoms with van der Waals surface area (Å²) in [7, 11) is 0. The van der Waals surface area contributed by atoms with E-state index >= 15 is 0 Å². The van der Waals surface area contributed by atoms with Gasteiger partial charge in [0, 0.05) is 19.6 Å². The first-order valence-corrected chi connectivity index (χ1v) is 5.04. The zero-order valence-corrected chi connectivity index (χ0v) is 8.79. The zero-order valence-electron chi connectivity index (χ0n) is 8.79. The van der Waals surface area contributed by atoms with E-state index in [1.54, 1.807) is 0 Å². The standard InChI is InChI=1S/C10H17N3O/c1-8(2)7-13-6-5-12-9(3-4-11)10(13)14/h8-9,12H,3,5-7H2,1-2H3. The lowest BCUT2D eigenvalue weighted by Gasteiger charge is -2.33. The molecule has 4 nitrogen and oxygen atoms in total. The molecule has 1 atom stereocenters. The Labute approximate surface area is 84.9 Å². The SMILES string of the molecule is CC(C)CN1CCNC(CC#N)C1=O. The third-order valence-corrected chi connectivity index (χ3v) is 2.26. The molecule has 1 saturated heterocycles. The summed E-state index contributed by atoms with van der Waals surface area (Å²) in [4.78, 5) is 13.6. The van der Waals surface area contributed by atoms with Gasteiger partial charge in [-0.25, -0.2) is 0 Å². The molecule has 0 radical (unpaired) electrons. The van der Waals surface area contributed by atoms with Gasteiger partial charge in [0.05, 0.1) is 12.5 Å². The Kier molecular flexibility index (Phi) is 3.90. The number of carbonyl (C=O) groups is 1. The molecule has 1 N–H and O–H groups in total. The number of carbonyl (C=O) groups excluding carboxylic acids is 1. The van der Waals surface area contributed by atoms with E-state index in [2.05, 4.69) is 19.2 Å². The Morgan fingerprint density at radius 1 is 1.71 bits per heavy atom. The highest BCUT2D eigenvalue weighted by molar-refractivity contribution is 5.82. The van der Waals surface area contributed by atoms with Crippen molar-refractivity contribution in [1.82, 2.24) is 10.2 Å². The summed E-state index contributed by atoms with van der Waals surface area (Å²) < 4.78 is 0. The quantitative estimate of drug-likeness (QED) is 0.707. The second kappa shape index (κ2) is 4.97. The van der Waals surface area contributed by atoms with Crippen molar-refractivity contribution in [3.05, 3.63) is 0 Å². The molecule has 1 fully saturated rings. The van der Waals surface area contributed by atoms with Crippen molar-refractivity contribution in [3.63, 3.8) is 0 Å². The molecular formula is C10H17N3O. The molecule has 0 aromatic rings. The monoisotopic (exact) mass is 195 g/mol. The molecule has 1 unspecified atom stereocenters. The lowest BCUT2D eigenvalue weighted by molar-refractivity contribution is -0.136. The largest absolute Gasteiger partial charge is 0.340 e. The summed E-state index contributed by atoms with van der Waals surface area (Å²) >= 11 is 0. The van der Waals surface area contributed by atoms with E-state index in [9.17, 15) is 4.79 Å². The second-order valence-electron chi connectivity index (χ2n) is 4.05. The van der Waals surface area contributed by atoms with Gasteiger partial charge in [0.2, 0.25) is 5.91 Å². The van der Waals surface area contributed by atoms with E-state index in [0.717, 1.165) is 19.6 Å². The normalized spacial score (nSPS) is 22.6. The Balaban J connectivity index is 2.53. The van der Waals surface area contributed by atoms with E-state index in [-0.39, 0.29) is 18.4 Å². The Hall–Kier alpha value is -1.08. The molecule has 0 spiro atoms. The number of amides is 1. The second-order valence-corrected chi connectivity index (χ2v) is 4.05. The van der Waals surface area contributed by atoms with Gasteiger partial charge in [0.15, 0.2) is 0 Å². The fourth-order valence-corrected chi connectivity index (χ4v) is 1.66. The van der Waals surface area contributed by atoms with E-state index < -0.39 is 0 Å². The van der Waals surface area contributed by atoms with Crippen molar-refractivity contribution in [1.29, 1.82) is 5.26 Å². The van der Waals surface area contributed by atoms with Crippen molar-refractivity contribution >= 4 is 5.91 Å². The number of nitriles is 1. The first-order chi connectivity index (χ1) is 6.65. The van der Waals surface area contributed by atoms with Crippen molar-refractivity contribution in [2.75, 3.05) is 19.6 Å². The average Bonchev–Trinajstić information content (AvgIpc) is 2.11. The van der Waals surface area contributed by atoms with Crippen LogP contribution in [0.5, 0.6) is 0 Å². The first kappa shape index (κ1) is 11.0. The van der Waals surface area contributed by atoms with E-state index in [1.165, 1.54) is 0 Å². The maximum absolute atomic E-state index is 11.8. The maximum atomic E-state index is 11.8. The van der Waals surface area contributed by atoms with Gasteiger partial charge < -0.3 is 10.2 Å². The highest BCUT2D eigenvalue weighted by Crippen LogP contribution is 2.07. The minimum absolute atomic E-state index is 0.0755. The van der Waals surface area contributed by atoms with Gasteiger partial charge in [-0.15, -0.1) is 0 Å². The molecule has 14 heavy (non-hydrogen) atoms. The van der Waals surface area contributed by atoms with E-state index in [4.69, 9.17) is 5.26 Å². The number of hydrogen-bond donors (Lipinski definition) is 1. The third kappa shape index (κ3) is 2.71. The lowest BCUT2D eigenvalue weighted by atomic mass is 10.1. The first-order valence-electron chi connectivity index (χ1n) is 5.04. The molecule has 0 bridgehead atoms. The number of rotatable bonds is 3. The summed E-state index contributed by atoms with van der Waals surface area (Å²) in [6, 6.07) is 1.75. The molecule has 1 aliphatic rings. The predicted octanol–water partition coefficient (Wildman–Crippen LogP) is 0.356. The van der Waals surface area contributed by atoms with Crippen LogP contribution in [0.25, 0.3) is 0 Å². The van der Waals surface area contributed by atoms with Crippen molar-refractivity contribution in [3.8, 4) is 6.07 Å². The lowest BCUT2D eigenvalue weighted by Crippen LogP contribution is -2.55. The van der Waals surface area contributed by atoms with Crippen LogP contribution in [0.15, 0.2) is 0 Å². The van der Waals surface area contributed by atoms with Crippen LogP contribution in [-0.4, -0.2) is 36.5 Å². The van der Waals surface area contributed by atoms with Crippen LogP contribution in [-0.2, 0) is 4.79 Å². The van der Waals surface area contributed by atoms with Gasteiger partial charge >= 0.3 is 0 Å². The molecule has 0 aromatic heterocycles. The molecule has 1 aliphatic heterocycles. The van der Waals surface area contributed by atoms with Gasteiger partial charge in [-0.3, -0.25) is 4.79 Å². The number of piperazine rings is 1. The molecule has 78 valence electrons. The highest BCUT2D eigenvalue weighted by Gasteiger charge is 2.27. The van der Waals surface area contributed by atoms with Crippen LogP contribution < -0.4 is 5.32 Å². The average molecular weight is 195 g/mol. The fourth-order valence-electron chi connectivity index (χ4n) is 1.66. The third-order valence-electron chi connectivity index (χ3n) is 2.26. The van der Waals surface area contributed by atoms with Crippen LogP contribution >= 0.6 is 0 Å². The van der Waals surface area contributed by atoms with Crippen LogP contribution in [0.4, 0.5) is 0 Å². The Bertz CT molecular complexity index is 244. The maximum Gasteiger partial charge on any atom is 0.240 e. The summed E-state index contributed by atoms with van der Waals surface area (Å²) in [6.45, 7) is 6.54. The summed E-state index contributed by atoms with van der Waals surface area (Å²) in [6.07, 6.45) is 0.271. The molecule has 1 rings (SSSR count). The zero-order chi connectivity index (χ0) is 10.6.